The van der Waals surface area contributed by atoms with E-state index in [0.29, 0.717) is 10.6 Å². The van der Waals surface area contributed by atoms with Gasteiger partial charge in [0.25, 0.3) is 5.91 Å². The molecule has 0 fully saturated rings. The van der Waals surface area contributed by atoms with Gasteiger partial charge in [-0.3, -0.25) is 10.2 Å². The summed E-state index contributed by atoms with van der Waals surface area (Å²) >= 11 is 5.97. The van der Waals surface area contributed by atoms with Crippen LogP contribution in [0.5, 0.6) is 5.75 Å². The van der Waals surface area contributed by atoms with E-state index in [4.69, 9.17) is 16.3 Å². The number of nitrogens with zero attached hydrogens (tertiary/aromatic N) is 1. The van der Waals surface area contributed by atoms with Crippen molar-refractivity contribution in [2.45, 2.75) is 6.04 Å². The predicted molar refractivity (Wildman–Crippen MR) is 111 cm³/mol. The van der Waals surface area contributed by atoms with E-state index in [-0.39, 0.29) is 11.9 Å². The fourth-order valence-corrected chi connectivity index (χ4v) is 3.33. The van der Waals surface area contributed by atoms with Crippen LogP contribution in [-0.4, -0.2) is 18.0 Å². The van der Waals surface area contributed by atoms with Crippen molar-refractivity contribution in [3.63, 3.8) is 0 Å². The summed E-state index contributed by atoms with van der Waals surface area (Å²) < 4.78 is 5.25. The molecule has 3 aromatic rings. The average molecular weight is 391 g/mol. The molecule has 0 unspecified atom stereocenters. The van der Waals surface area contributed by atoms with E-state index in [1.54, 1.807) is 36.4 Å². The molecule has 0 aliphatic carbocycles. The molecule has 4 rings (SSSR count). The van der Waals surface area contributed by atoms with E-state index in [1.165, 1.54) is 0 Å². The van der Waals surface area contributed by atoms with Crippen molar-refractivity contribution < 1.29 is 9.53 Å². The van der Waals surface area contributed by atoms with Crippen LogP contribution in [0.2, 0.25) is 5.02 Å². The third-order valence-corrected chi connectivity index (χ3v) is 4.95. The fraction of sp³-hybridized carbons (Fsp3) is 0.0870. The van der Waals surface area contributed by atoms with Crippen LogP contribution in [0.1, 0.15) is 27.5 Å². The summed E-state index contributed by atoms with van der Waals surface area (Å²) in [6.07, 6.45) is 2.06. The van der Waals surface area contributed by atoms with E-state index in [2.05, 4.69) is 11.5 Å². The molecular formula is C23H19ClN2O2. The molecule has 1 atom stereocenters. The number of halogens is 1. The Hall–Kier alpha value is -3.24. The highest BCUT2D eigenvalue weighted by atomic mass is 35.5. The number of hydrogen-bond acceptors (Lipinski definition) is 3. The Balaban J connectivity index is 1.70. The number of hydrogen-bond donors (Lipinski definition) is 1. The van der Waals surface area contributed by atoms with E-state index >= 15 is 0 Å². The van der Waals surface area contributed by atoms with Crippen LogP contribution in [0.4, 0.5) is 0 Å². The summed E-state index contributed by atoms with van der Waals surface area (Å²) in [5, 5.41) is 2.24. The number of carbonyl (C=O) groups is 1. The molecule has 1 aliphatic heterocycles. The zero-order chi connectivity index (χ0) is 19.5. The van der Waals surface area contributed by atoms with Gasteiger partial charge in [0.15, 0.2) is 0 Å². The number of amides is 1. The lowest BCUT2D eigenvalue weighted by Crippen LogP contribution is -2.39. The molecule has 1 N–H and O–H groups in total. The van der Waals surface area contributed by atoms with Gasteiger partial charge in [-0.2, -0.15) is 0 Å². The minimum Gasteiger partial charge on any atom is -0.497 e. The number of ether oxygens (including phenoxy) is 1. The molecular weight excluding hydrogens is 372 g/mol. The largest absolute Gasteiger partial charge is 0.497 e. The quantitative estimate of drug-likeness (QED) is 0.674. The highest BCUT2D eigenvalue weighted by Gasteiger charge is 2.31. The van der Waals surface area contributed by atoms with Gasteiger partial charge in [0.1, 0.15) is 5.75 Å². The van der Waals surface area contributed by atoms with Gasteiger partial charge in [-0.25, -0.2) is 5.01 Å². The first kappa shape index (κ1) is 18.1. The van der Waals surface area contributed by atoms with Crippen molar-refractivity contribution in [3.05, 3.63) is 107 Å². The molecule has 0 saturated heterocycles. The molecule has 3 aromatic carbocycles. The van der Waals surface area contributed by atoms with Gasteiger partial charge in [-0.1, -0.05) is 54.1 Å². The van der Waals surface area contributed by atoms with E-state index in [0.717, 1.165) is 22.6 Å². The third kappa shape index (κ3) is 3.59. The molecule has 4 nitrogen and oxygen atoms in total. The second-order valence-electron chi connectivity index (χ2n) is 6.46. The SMILES string of the molecule is COc1ccc([C@H]2C=C(c3ccccc3)NN2C(=O)c2ccc(Cl)cc2)cc1. The summed E-state index contributed by atoms with van der Waals surface area (Å²) in [5.41, 5.74) is 6.75. The first-order chi connectivity index (χ1) is 13.7. The topological polar surface area (TPSA) is 41.6 Å². The van der Waals surface area contributed by atoms with Gasteiger partial charge < -0.3 is 4.74 Å². The molecule has 0 saturated carbocycles. The van der Waals surface area contributed by atoms with Gasteiger partial charge in [-0.15, -0.1) is 0 Å². The van der Waals surface area contributed by atoms with Crippen LogP contribution in [0.3, 0.4) is 0 Å². The van der Waals surface area contributed by atoms with Crippen LogP contribution >= 0.6 is 11.6 Å². The summed E-state index contributed by atoms with van der Waals surface area (Å²) in [6, 6.07) is 24.3. The Kier molecular flexibility index (Phi) is 5.04. The number of methoxy groups -OCH3 is 1. The highest BCUT2D eigenvalue weighted by molar-refractivity contribution is 6.30. The Bertz CT molecular complexity index is 999. The standard InChI is InChI=1S/C23H19ClN2O2/c1-28-20-13-9-17(10-14-20)22-15-21(16-5-3-2-4-6-16)25-26(22)23(27)18-7-11-19(24)12-8-18/h2-15,22,25H,1H3/t22-/m1/s1. The second-order valence-corrected chi connectivity index (χ2v) is 6.89. The van der Waals surface area contributed by atoms with Gasteiger partial charge in [0.2, 0.25) is 0 Å². The molecule has 0 aromatic heterocycles. The Morgan fingerprint density at radius 3 is 2.29 bits per heavy atom. The first-order valence-corrected chi connectivity index (χ1v) is 9.30. The minimum absolute atomic E-state index is 0.125. The zero-order valence-corrected chi connectivity index (χ0v) is 16.1. The number of nitrogens with one attached hydrogen (secondary N) is 1. The normalized spacial score (nSPS) is 15.7. The van der Waals surface area contributed by atoms with Crippen molar-refractivity contribution in [2.75, 3.05) is 7.11 Å². The van der Waals surface area contributed by atoms with Crippen molar-refractivity contribution in [2.24, 2.45) is 0 Å². The van der Waals surface area contributed by atoms with Gasteiger partial charge in [0.05, 0.1) is 18.8 Å². The Morgan fingerprint density at radius 2 is 1.64 bits per heavy atom. The van der Waals surface area contributed by atoms with E-state index in [1.807, 2.05) is 54.6 Å². The van der Waals surface area contributed by atoms with Crippen LogP contribution in [-0.2, 0) is 0 Å². The summed E-state index contributed by atoms with van der Waals surface area (Å²) in [4.78, 5) is 13.2. The van der Waals surface area contributed by atoms with Crippen LogP contribution in [0.15, 0.2) is 84.9 Å². The molecule has 1 aliphatic rings. The van der Waals surface area contributed by atoms with E-state index < -0.39 is 0 Å². The predicted octanol–water partition coefficient (Wildman–Crippen LogP) is 5.09. The fourth-order valence-electron chi connectivity index (χ4n) is 3.20. The van der Waals surface area contributed by atoms with E-state index in [9.17, 15) is 4.79 Å². The lowest BCUT2D eigenvalue weighted by molar-refractivity contribution is 0.0672. The second kappa shape index (κ2) is 7.79. The number of hydrazine groups is 1. The third-order valence-electron chi connectivity index (χ3n) is 4.70. The maximum absolute atomic E-state index is 13.2. The number of benzene rings is 3. The number of rotatable bonds is 4. The molecule has 0 bridgehead atoms. The van der Waals surface area contributed by atoms with Gasteiger partial charge in [0, 0.05) is 10.6 Å². The average Bonchev–Trinajstić information content (AvgIpc) is 3.20. The molecule has 140 valence electrons. The summed E-state index contributed by atoms with van der Waals surface area (Å²) in [7, 11) is 1.63. The Morgan fingerprint density at radius 1 is 0.964 bits per heavy atom. The van der Waals surface area contributed by atoms with Crippen molar-refractivity contribution >= 4 is 23.2 Å². The molecule has 0 radical (unpaired) electrons. The monoisotopic (exact) mass is 390 g/mol. The smallest absolute Gasteiger partial charge is 0.273 e. The van der Waals surface area contributed by atoms with Gasteiger partial charge >= 0.3 is 0 Å². The van der Waals surface area contributed by atoms with Crippen molar-refractivity contribution in [1.29, 1.82) is 0 Å². The van der Waals surface area contributed by atoms with Crippen molar-refractivity contribution in [1.82, 2.24) is 10.4 Å². The summed E-state index contributed by atoms with van der Waals surface area (Å²) in [6.45, 7) is 0. The van der Waals surface area contributed by atoms with Crippen molar-refractivity contribution in [3.8, 4) is 5.75 Å². The molecule has 0 spiro atoms. The van der Waals surface area contributed by atoms with Gasteiger partial charge in [-0.05, 0) is 53.6 Å². The van der Waals surface area contributed by atoms with Crippen LogP contribution in [0, 0.1) is 0 Å². The molecule has 28 heavy (non-hydrogen) atoms. The highest BCUT2D eigenvalue weighted by Crippen LogP contribution is 2.33. The maximum atomic E-state index is 13.2. The molecule has 5 heteroatoms. The van der Waals surface area contributed by atoms with Crippen LogP contribution in [0.25, 0.3) is 5.70 Å². The molecule has 1 amide bonds. The lowest BCUT2D eigenvalue weighted by Gasteiger charge is -2.25. The first-order valence-electron chi connectivity index (χ1n) is 8.92. The maximum Gasteiger partial charge on any atom is 0.273 e. The molecule has 1 heterocycles. The minimum atomic E-state index is -0.246. The Labute approximate surface area is 169 Å². The lowest BCUT2D eigenvalue weighted by atomic mass is 10.0. The zero-order valence-electron chi connectivity index (χ0n) is 15.3. The van der Waals surface area contributed by atoms with Crippen LogP contribution < -0.4 is 10.2 Å². The number of carbonyl (C=O) groups excluding carboxylic acids is 1. The summed E-state index contributed by atoms with van der Waals surface area (Å²) in [5.74, 6) is 0.650.